The van der Waals surface area contributed by atoms with Crippen LogP contribution >= 0.6 is 0 Å². The number of fused-ring (bicyclic) bond motifs is 1. The highest BCUT2D eigenvalue weighted by Gasteiger charge is 2.25. The topological polar surface area (TPSA) is 36.0 Å². The summed E-state index contributed by atoms with van der Waals surface area (Å²) in [5.41, 5.74) is 2.32. The highest BCUT2D eigenvalue weighted by atomic mass is 16.3. The van der Waals surface area contributed by atoms with Crippen molar-refractivity contribution >= 4 is 10.9 Å². The Morgan fingerprint density at radius 3 is 2.85 bits per heavy atom. The maximum atomic E-state index is 9.57. The van der Waals surface area contributed by atoms with Crippen molar-refractivity contribution in [1.29, 1.82) is 0 Å². The Morgan fingerprint density at radius 2 is 2.15 bits per heavy atom. The van der Waals surface area contributed by atoms with Crippen LogP contribution < -0.4 is 0 Å². The van der Waals surface area contributed by atoms with Crippen LogP contribution in [0, 0.1) is 0 Å². The molecule has 0 aliphatic heterocycles. The molecule has 2 heteroatoms. The molecule has 3 rings (SSSR count). The van der Waals surface area contributed by atoms with Gasteiger partial charge in [-0.15, -0.1) is 0 Å². The van der Waals surface area contributed by atoms with E-state index >= 15 is 0 Å². The fourth-order valence-corrected chi connectivity index (χ4v) is 1.78. The van der Waals surface area contributed by atoms with Gasteiger partial charge in [0, 0.05) is 16.6 Å². The zero-order valence-corrected chi connectivity index (χ0v) is 7.25. The van der Waals surface area contributed by atoms with Gasteiger partial charge >= 0.3 is 0 Å². The second-order valence-electron chi connectivity index (χ2n) is 3.74. The van der Waals surface area contributed by atoms with Gasteiger partial charge in [0.1, 0.15) is 5.75 Å². The minimum atomic E-state index is 0.376. The van der Waals surface area contributed by atoms with Crippen molar-refractivity contribution in [3.63, 3.8) is 0 Å². The van der Waals surface area contributed by atoms with E-state index in [0.717, 1.165) is 10.9 Å². The molecule has 1 aromatic heterocycles. The van der Waals surface area contributed by atoms with Gasteiger partial charge in [-0.2, -0.15) is 0 Å². The van der Waals surface area contributed by atoms with Gasteiger partial charge in [-0.05, 0) is 37.0 Å². The summed E-state index contributed by atoms with van der Waals surface area (Å²) < 4.78 is 0. The van der Waals surface area contributed by atoms with Crippen LogP contribution in [0.5, 0.6) is 5.75 Å². The van der Waals surface area contributed by atoms with Crippen LogP contribution in [-0.4, -0.2) is 10.1 Å². The zero-order valence-electron chi connectivity index (χ0n) is 7.25. The predicted octanol–water partition coefficient (Wildman–Crippen LogP) is 2.75. The first-order valence-electron chi connectivity index (χ1n) is 4.65. The largest absolute Gasteiger partial charge is 0.507 e. The molecule has 2 aromatic rings. The molecule has 1 aliphatic carbocycles. The van der Waals surface area contributed by atoms with Gasteiger partial charge in [-0.3, -0.25) is 0 Å². The van der Waals surface area contributed by atoms with E-state index in [4.69, 9.17) is 0 Å². The van der Waals surface area contributed by atoms with Crippen LogP contribution in [0.4, 0.5) is 0 Å². The van der Waals surface area contributed by atoms with Crippen molar-refractivity contribution < 1.29 is 5.11 Å². The van der Waals surface area contributed by atoms with Crippen LogP contribution in [0.1, 0.15) is 24.5 Å². The Balaban J connectivity index is 2.26. The van der Waals surface area contributed by atoms with Gasteiger partial charge in [0.2, 0.25) is 0 Å². The normalized spacial score (nSPS) is 16.6. The summed E-state index contributed by atoms with van der Waals surface area (Å²) in [7, 11) is 0. The van der Waals surface area contributed by atoms with E-state index in [-0.39, 0.29) is 0 Å². The van der Waals surface area contributed by atoms with Crippen LogP contribution in [0.3, 0.4) is 0 Å². The SMILES string of the molecule is Oc1cccc2[nH]c(C3CC3)cc12. The lowest BCUT2D eigenvalue weighted by Crippen LogP contribution is -1.74. The number of rotatable bonds is 1. The van der Waals surface area contributed by atoms with Crippen LogP contribution in [-0.2, 0) is 0 Å². The third-order valence-electron chi connectivity index (χ3n) is 2.68. The number of H-pyrrole nitrogens is 1. The van der Waals surface area contributed by atoms with E-state index in [2.05, 4.69) is 11.1 Å². The molecule has 1 aliphatic rings. The van der Waals surface area contributed by atoms with Gasteiger partial charge in [-0.1, -0.05) is 6.07 Å². The first-order valence-corrected chi connectivity index (χ1v) is 4.65. The number of nitrogens with one attached hydrogen (secondary N) is 1. The third kappa shape index (κ3) is 1.02. The molecule has 1 heterocycles. The highest BCUT2D eigenvalue weighted by Crippen LogP contribution is 2.41. The number of phenols is 1. The lowest BCUT2D eigenvalue weighted by molar-refractivity contribution is 0.481. The average Bonchev–Trinajstić information content (AvgIpc) is 2.87. The van der Waals surface area contributed by atoms with E-state index in [9.17, 15) is 5.11 Å². The van der Waals surface area contributed by atoms with Crippen LogP contribution in [0.25, 0.3) is 10.9 Å². The van der Waals surface area contributed by atoms with Gasteiger partial charge in [-0.25, -0.2) is 0 Å². The van der Waals surface area contributed by atoms with Crippen molar-refractivity contribution in [3.05, 3.63) is 30.0 Å². The zero-order chi connectivity index (χ0) is 8.84. The average molecular weight is 173 g/mol. The number of hydrogen-bond acceptors (Lipinski definition) is 1. The molecule has 2 N–H and O–H groups in total. The molecule has 1 saturated carbocycles. The van der Waals surface area contributed by atoms with Crippen molar-refractivity contribution in [2.24, 2.45) is 0 Å². The monoisotopic (exact) mass is 173 g/mol. The van der Waals surface area contributed by atoms with Crippen molar-refractivity contribution in [3.8, 4) is 5.75 Å². The number of benzene rings is 1. The Kier molecular flexibility index (Phi) is 1.23. The number of aromatic amines is 1. The minimum absolute atomic E-state index is 0.376. The molecule has 0 saturated heterocycles. The van der Waals surface area contributed by atoms with Crippen LogP contribution in [0.2, 0.25) is 0 Å². The Hall–Kier alpha value is -1.44. The number of phenolic OH excluding ortho intramolecular Hbond substituents is 1. The predicted molar refractivity (Wildman–Crippen MR) is 51.9 cm³/mol. The highest BCUT2D eigenvalue weighted by molar-refractivity contribution is 5.86. The molecule has 0 bridgehead atoms. The molecule has 0 unspecified atom stereocenters. The van der Waals surface area contributed by atoms with Gasteiger partial charge < -0.3 is 10.1 Å². The van der Waals surface area contributed by atoms with Gasteiger partial charge in [0.25, 0.3) is 0 Å². The third-order valence-corrected chi connectivity index (χ3v) is 2.68. The smallest absolute Gasteiger partial charge is 0.124 e. The quantitative estimate of drug-likeness (QED) is 0.683. The van der Waals surface area contributed by atoms with Crippen molar-refractivity contribution in [2.45, 2.75) is 18.8 Å². The molecule has 2 nitrogen and oxygen atoms in total. The van der Waals surface area contributed by atoms with E-state index in [1.165, 1.54) is 18.5 Å². The minimum Gasteiger partial charge on any atom is -0.507 e. The van der Waals surface area contributed by atoms with Crippen molar-refractivity contribution in [2.75, 3.05) is 0 Å². The summed E-state index contributed by atoms with van der Waals surface area (Å²) >= 11 is 0. The summed E-state index contributed by atoms with van der Waals surface area (Å²) in [6.07, 6.45) is 2.57. The second kappa shape index (κ2) is 2.28. The van der Waals surface area contributed by atoms with E-state index < -0.39 is 0 Å². The summed E-state index contributed by atoms with van der Waals surface area (Å²) in [4.78, 5) is 3.34. The molecule has 1 aromatic carbocycles. The van der Waals surface area contributed by atoms with E-state index in [1.54, 1.807) is 6.07 Å². The fourth-order valence-electron chi connectivity index (χ4n) is 1.78. The second-order valence-corrected chi connectivity index (χ2v) is 3.74. The lowest BCUT2D eigenvalue weighted by atomic mass is 10.2. The molecule has 0 radical (unpaired) electrons. The number of aromatic nitrogens is 1. The Bertz CT molecular complexity index is 454. The first-order chi connectivity index (χ1) is 6.34. The lowest BCUT2D eigenvalue weighted by Gasteiger charge is -1.91. The van der Waals surface area contributed by atoms with Gasteiger partial charge in [0.05, 0.1) is 0 Å². The molecule has 1 fully saturated rings. The molecular weight excluding hydrogens is 162 g/mol. The maximum absolute atomic E-state index is 9.57. The van der Waals surface area contributed by atoms with E-state index in [1.807, 2.05) is 12.1 Å². The molecule has 0 atom stereocenters. The molecular formula is C11H11NO. The van der Waals surface area contributed by atoms with Crippen molar-refractivity contribution in [1.82, 2.24) is 4.98 Å². The summed E-state index contributed by atoms with van der Waals surface area (Å²) in [6.45, 7) is 0. The number of hydrogen-bond donors (Lipinski definition) is 2. The molecule has 66 valence electrons. The Morgan fingerprint density at radius 1 is 1.31 bits per heavy atom. The maximum Gasteiger partial charge on any atom is 0.124 e. The molecule has 0 amide bonds. The summed E-state index contributed by atoms with van der Waals surface area (Å²) in [5, 5.41) is 10.5. The molecule has 0 spiro atoms. The molecule has 13 heavy (non-hydrogen) atoms. The first kappa shape index (κ1) is 7.01. The fraction of sp³-hybridized carbons (Fsp3) is 0.273. The summed E-state index contributed by atoms with van der Waals surface area (Å²) in [6, 6.07) is 7.67. The van der Waals surface area contributed by atoms with E-state index in [0.29, 0.717) is 11.7 Å². The van der Waals surface area contributed by atoms with Crippen LogP contribution in [0.15, 0.2) is 24.3 Å². The summed E-state index contributed by atoms with van der Waals surface area (Å²) in [5.74, 6) is 1.09. The number of aromatic hydroxyl groups is 1. The Labute approximate surface area is 76.2 Å². The standard InChI is InChI=1S/C11H11NO/c13-11-3-1-2-9-8(11)6-10(12-9)7-4-5-7/h1-3,6-7,12-13H,4-5H2. The van der Waals surface area contributed by atoms with Gasteiger partial charge in [0.15, 0.2) is 0 Å².